The van der Waals surface area contributed by atoms with Gasteiger partial charge in [0.05, 0.1) is 19.3 Å². The Balaban J connectivity index is 1.44. The van der Waals surface area contributed by atoms with Crippen molar-refractivity contribution in [2.75, 3.05) is 72.6 Å². The Hall–Kier alpha value is -1.38. The number of rotatable bonds is 5. The Kier molecular flexibility index (Phi) is 8.15. The normalized spacial score (nSPS) is 27.2. The van der Waals surface area contributed by atoms with Crippen LogP contribution in [0.25, 0.3) is 0 Å². The van der Waals surface area contributed by atoms with E-state index in [9.17, 15) is 4.79 Å². The number of nitrogens with one attached hydrogen (secondary N) is 1. The highest BCUT2D eigenvalue weighted by Crippen LogP contribution is 2.14. The van der Waals surface area contributed by atoms with Crippen LogP contribution >= 0.6 is 0 Å². The van der Waals surface area contributed by atoms with Crippen LogP contribution in [0.2, 0.25) is 0 Å². The summed E-state index contributed by atoms with van der Waals surface area (Å²) in [4.78, 5) is 26.4. The van der Waals surface area contributed by atoms with Gasteiger partial charge in [-0.25, -0.2) is 0 Å². The van der Waals surface area contributed by atoms with Gasteiger partial charge in [0, 0.05) is 71.5 Å². The topological polar surface area (TPSA) is 63.7 Å². The fourth-order valence-electron chi connectivity index (χ4n) is 4.76. The van der Waals surface area contributed by atoms with E-state index >= 15 is 0 Å². The molecule has 3 heterocycles. The Labute approximate surface area is 176 Å². The summed E-state index contributed by atoms with van der Waals surface area (Å²) in [5.41, 5.74) is 0. The van der Waals surface area contributed by atoms with E-state index in [2.05, 4.69) is 45.8 Å². The number of carbonyl (C=O) groups excluding carboxylic acids is 1. The van der Waals surface area contributed by atoms with Gasteiger partial charge < -0.3 is 19.9 Å². The summed E-state index contributed by atoms with van der Waals surface area (Å²) in [7, 11) is 1.86. The monoisotopic (exact) mass is 408 g/mol. The first-order valence-corrected chi connectivity index (χ1v) is 11.3. The van der Waals surface area contributed by atoms with Gasteiger partial charge in [0.25, 0.3) is 0 Å². The first kappa shape index (κ1) is 22.3. The number of hydrogen-bond donors (Lipinski definition) is 1. The summed E-state index contributed by atoms with van der Waals surface area (Å²) in [6, 6.07) is 0.874. The van der Waals surface area contributed by atoms with Crippen LogP contribution in [0.15, 0.2) is 4.99 Å². The zero-order valence-electron chi connectivity index (χ0n) is 18.8. The molecule has 3 saturated heterocycles. The van der Waals surface area contributed by atoms with Crippen LogP contribution in [0.1, 0.15) is 33.6 Å². The summed E-state index contributed by atoms with van der Waals surface area (Å²) in [5.74, 6) is 1.27. The van der Waals surface area contributed by atoms with E-state index in [1.807, 2.05) is 11.9 Å². The molecule has 0 radical (unpaired) electrons. The predicted octanol–water partition coefficient (Wildman–Crippen LogP) is 0.300. The van der Waals surface area contributed by atoms with Gasteiger partial charge in [0.1, 0.15) is 0 Å². The molecule has 3 atom stereocenters. The van der Waals surface area contributed by atoms with E-state index in [1.54, 1.807) is 0 Å². The molecule has 8 heteroatoms. The predicted molar refractivity (Wildman–Crippen MR) is 116 cm³/mol. The molecule has 29 heavy (non-hydrogen) atoms. The van der Waals surface area contributed by atoms with Crippen LogP contribution < -0.4 is 5.32 Å². The van der Waals surface area contributed by atoms with Crippen molar-refractivity contribution >= 4 is 11.9 Å². The Morgan fingerprint density at radius 3 is 2.38 bits per heavy atom. The third-order valence-corrected chi connectivity index (χ3v) is 6.69. The number of ether oxygens (including phenoxy) is 1. The Morgan fingerprint density at radius 1 is 1.07 bits per heavy atom. The highest BCUT2D eigenvalue weighted by Gasteiger charge is 2.31. The molecular formula is C21H40N6O2. The Bertz CT molecular complexity index is 557. The van der Waals surface area contributed by atoms with Crippen molar-refractivity contribution < 1.29 is 9.53 Å². The number of hydrogen-bond acceptors (Lipinski definition) is 5. The molecule has 3 fully saturated rings. The van der Waals surface area contributed by atoms with Crippen LogP contribution in [0.3, 0.4) is 0 Å². The highest BCUT2D eigenvalue weighted by molar-refractivity contribution is 5.82. The molecule has 166 valence electrons. The molecule has 1 amide bonds. The van der Waals surface area contributed by atoms with E-state index in [1.165, 1.54) is 0 Å². The van der Waals surface area contributed by atoms with Crippen LogP contribution in [0.4, 0.5) is 0 Å². The van der Waals surface area contributed by atoms with E-state index < -0.39 is 0 Å². The van der Waals surface area contributed by atoms with Crippen molar-refractivity contribution in [3.8, 4) is 0 Å². The minimum Gasteiger partial charge on any atom is -0.379 e. The van der Waals surface area contributed by atoms with E-state index in [-0.39, 0.29) is 6.04 Å². The zero-order valence-corrected chi connectivity index (χ0v) is 18.8. The van der Waals surface area contributed by atoms with Gasteiger partial charge >= 0.3 is 0 Å². The van der Waals surface area contributed by atoms with Crippen molar-refractivity contribution in [3.63, 3.8) is 0 Å². The van der Waals surface area contributed by atoms with Gasteiger partial charge in [-0.3, -0.25) is 19.6 Å². The summed E-state index contributed by atoms with van der Waals surface area (Å²) < 4.78 is 5.56. The minimum atomic E-state index is -0.0203. The molecule has 3 rings (SSSR count). The lowest BCUT2D eigenvalue weighted by molar-refractivity contribution is -0.135. The maximum Gasteiger partial charge on any atom is 0.239 e. The van der Waals surface area contributed by atoms with Gasteiger partial charge in [-0.05, 0) is 33.6 Å². The van der Waals surface area contributed by atoms with Crippen LogP contribution in [-0.4, -0.2) is 122 Å². The lowest BCUT2D eigenvalue weighted by Gasteiger charge is -2.41. The van der Waals surface area contributed by atoms with Gasteiger partial charge in [0.15, 0.2) is 5.96 Å². The number of guanidine groups is 1. The number of likely N-dealkylation sites (tertiary alicyclic amines) is 1. The van der Waals surface area contributed by atoms with Crippen LogP contribution in [0, 0.1) is 0 Å². The first-order chi connectivity index (χ1) is 14.0. The molecule has 0 saturated carbocycles. The number of morpholine rings is 1. The largest absolute Gasteiger partial charge is 0.379 e. The van der Waals surface area contributed by atoms with Crippen molar-refractivity contribution in [2.45, 2.75) is 51.7 Å². The van der Waals surface area contributed by atoms with Crippen molar-refractivity contribution in [1.82, 2.24) is 24.9 Å². The number of aliphatic imine (C=N–C) groups is 1. The molecule has 0 spiro atoms. The maximum atomic E-state index is 12.7. The lowest BCUT2D eigenvalue weighted by Crippen LogP contribution is -2.58. The third kappa shape index (κ3) is 5.61. The average molecular weight is 409 g/mol. The minimum absolute atomic E-state index is 0.0203. The molecule has 0 bridgehead atoms. The third-order valence-electron chi connectivity index (χ3n) is 6.69. The quantitative estimate of drug-likeness (QED) is 0.522. The summed E-state index contributed by atoms with van der Waals surface area (Å²) in [6.45, 7) is 15.5. The molecule has 0 aliphatic carbocycles. The molecule has 0 aromatic carbocycles. The highest BCUT2D eigenvalue weighted by atomic mass is 16.5. The van der Waals surface area contributed by atoms with Crippen LogP contribution in [0.5, 0.6) is 0 Å². The standard InChI is InChI=1S/C21H40N6O2/c1-17(27-13-14-29-16-18(27)2)15-23-21(22-4)26-11-9-24(10-12-26)19(3)20(28)25-7-5-6-8-25/h17-19H,5-16H2,1-4H3,(H,22,23). The second-order valence-electron chi connectivity index (χ2n) is 8.67. The van der Waals surface area contributed by atoms with Crippen molar-refractivity contribution in [1.29, 1.82) is 0 Å². The van der Waals surface area contributed by atoms with Gasteiger partial charge in [-0.15, -0.1) is 0 Å². The van der Waals surface area contributed by atoms with Gasteiger partial charge in [0.2, 0.25) is 5.91 Å². The van der Waals surface area contributed by atoms with E-state index in [0.717, 1.165) is 84.4 Å². The summed E-state index contributed by atoms with van der Waals surface area (Å²) >= 11 is 0. The average Bonchev–Trinajstić information content (AvgIpc) is 3.28. The molecular weight excluding hydrogens is 368 g/mol. The number of nitrogens with zero attached hydrogens (tertiary/aromatic N) is 5. The fraction of sp³-hybridized carbons (Fsp3) is 0.905. The van der Waals surface area contributed by atoms with Crippen molar-refractivity contribution in [3.05, 3.63) is 0 Å². The van der Waals surface area contributed by atoms with E-state index in [0.29, 0.717) is 18.0 Å². The molecule has 1 N–H and O–H groups in total. The number of piperazine rings is 1. The van der Waals surface area contributed by atoms with Gasteiger partial charge in [-0.1, -0.05) is 0 Å². The zero-order chi connectivity index (χ0) is 20.8. The maximum absolute atomic E-state index is 12.7. The summed E-state index contributed by atoms with van der Waals surface area (Å²) in [6.07, 6.45) is 2.30. The van der Waals surface area contributed by atoms with E-state index in [4.69, 9.17) is 4.74 Å². The fourth-order valence-corrected chi connectivity index (χ4v) is 4.76. The Morgan fingerprint density at radius 2 is 1.76 bits per heavy atom. The number of carbonyl (C=O) groups is 1. The molecule has 3 aliphatic rings. The first-order valence-electron chi connectivity index (χ1n) is 11.3. The SMILES string of the molecule is CN=C(NCC(C)N1CCOCC1C)N1CCN(C(C)C(=O)N2CCCC2)CC1. The second-order valence-corrected chi connectivity index (χ2v) is 8.67. The lowest BCUT2D eigenvalue weighted by atomic mass is 10.2. The second kappa shape index (κ2) is 10.6. The van der Waals surface area contributed by atoms with Crippen LogP contribution in [-0.2, 0) is 9.53 Å². The molecule has 3 unspecified atom stereocenters. The molecule has 0 aromatic rings. The summed E-state index contributed by atoms with van der Waals surface area (Å²) in [5, 5.41) is 3.57. The number of amides is 1. The molecule has 3 aliphatic heterocycles. The molecule has 8 nitrogen and oxygen atoms in total. The smallest absolute Gasteiger partial charge is 0.239 e. The van der Waals surface area contributed by atoms with Gasteiger partial charge in [-0.2, -0.15) is 0 Å². The molecule has 0 aromatic heterocycles. The van der Waals surface area contributed by atoms with Crippen molar-refractivity contribution in [2.24, 2.45) is 4.99 Å².